The van der Waals surface area contributed by atoms with Crippen LogP contribution in [-0.2, 0) is 6.54 Å². The van der Waals surface area contributed by atoms with Crippen molar-refractivity contribution in [2.45, 2.75) is 13.5 Å². The Kier molecular flexibility index (Phi) is 6.18. The average molecular weight is 450 g/mol. The number of amides is 1. The zero-order valence-corrected chi connectivity index (χ0v) is 19.1. The molecule has 3 heterocycles. The maximum absolute atomic E-state index is 12.3. The molecule has 0 aliphatic rings. The normalized spacial score (nSPS) is 10.8. The van der Waals surface area contributed by atoms with Crippen molar-refractivity contribution in [3.05, 3.63) is 64.8 Å². The lowest BCUT2D eigenvalue weighted by atomic mass is 10.0. The van der Waals surface area contributed by atoms with Gasteiger partial charge >= 0.3 is 0 Å². The van der Waals surface area contributed by atoms with Crippen LogP contribution >= 0.6 is 11.3 Å². The Morgan fingerprint density at radius 2 is 1.97 bits per heavy atom. The number of hydrogen-bond donors (Lipinski definition) is 1. The third-order valence-electron chi connectivity index (χ3n) is 4.76. The van der Waals surface area contributed by atoms with E-state index in [4.69, 9.17) is 14.2 Å². The van der Waals surface area contributed by atoms with E-state index >= 15 is 0 Å². The van der Waals surface area contributed by atoms with Crippen molar-refractivity contribution in [1.82, 2.24) is 20.4 Å². The van der Waals surface area contributed by atoms with E-state index in [1.54, 1.807) is 25.4 Å². The molecule has 0 atom stereocenters. The van der Waals surface area contributed by atoms with Crippen LogP contribution in [-0.4, -0.2) is 42.2 Å². The van der Waals surface area contributed by atoms with E-state index in [0.29, 0.717) is 28.2 Å². The lowest BCUT2D eigenvalue weighted by molar-refractivity contribution is 0.0955. The predicted octanol–water partition coefficient (Wildman–Crippen LogP) is 4.17. The Balaban J connectivity index is 1.55. The molecule has 8 nitrogen and oxygen atoms in total. The molecule has 0 fully saturated rings. The molecule has 4 rings (SSSR count). The minimum Gasteiger partial charge on any atom is -0.487 e. The molecule has 1 N–H and O–H groups in total. The topological polar surface area (TPSA) is 93.4 Å². The molecule has 0 unspecified atom stereocenters. The fourth-order valence-corrected chi connectivity index (χ4v) is 3.82. The van der Waals surface area contributed by atoms with Crippen molar-refractivity contribution in [3.63, 3.8) is 0 Å². The highest BCUT2D eigenvalue weighted by molar-refractivity contribution is 7.15. The highest BCUT2D eigenvalue weighted by atomic mass is 32.1. The molecule has 4 aromatic rings. The molecule has 0 spiro atoms. The number of carbonyl (C=O) groups excluding carboxylic acids is 1. The summed E-state index contributed by atoms with van der Waals surface area (Å²) >= 11 is 1.31. The van der Waals surface area contributed by atoms with Gasteiger partial charge in [0.05, 0.1) is 28.9 Å². The average Bonchev–Trinajstić information content (AvgIpc) is 3.46. The van der Waals surface area contributed by atoms with Gasteiger partial charge in [-0.15, -0.1) is 0 Å². The van der Waals surface area contributed by atoms with E-state index in [1.807, 2.05) is 56.3 Å². The number of benzene rings is 1. The molecule has 3 aromatic heterocycles. The molecule has 1 aromatic carbocycles. The van der Waals surface area contributed by atoms with Gasteiger partial charge in [0, 0.05) is 38.5 Å². The Hall–Kier alpha value is -3.72. The Morgan fingerprint density at radius 1 is 1.19 bits per heavy atom. The van der Waals surface area contributed by atoms with Crippen LogP contribution in [0.15, 0.2) is 53.2 Å². The van der Waals surface area contributed by atoms with Crippen LogP contribution < -0.4 is 15.0 Å². The predicted molar refractivity (Wildman–Crippen MR) is 124 cm³/mol. The number of methoxy groups -OCH3 is 1. The van der Waals surface area contributed by atoms with Crippen molar-refractivity contribution < 1.29 is 14.1 Å². The van der Waals surface area contributed by atoms with E-state index in [-0.39, 0.29) is 5.91 Å². The van der Waals surface area contributed by atoms with Crippen LogP contribution in [0.4, 0.5) is 5.95 Å². The molecular formula is C23H23N5O3S. The highest BCUT2D eigenvalue weighted by Crippen LogP contribution is 2.32. The smallest absolute Gasteiger partial charge is 0.261 e. The monoisotopic (exact) mass is 449 g/mol. The number of anilines is 1. The second kappa shape index (κ2) is 9.19. The third-order valence-corrected chi connectivity index (χ3v) is 5.80. The number of nitrogens with zero attached hydrogens (tertiary/aromatic N) is 4. The van der Waals surface area contributed by atoms with Crippen molar-refractivity contribution >= 4 is 23.2 Å². The van der Waals surface area contributed by atoms with Gasteiger partial charge in [0.1, 0.15) is 0 Å². The zero-order chi connectivity index (χ0) is 22.7. The van der Waals surface area contributed by atoms with E-state index < -0.39 is 0 Å². The summed E-state index contributed by atoms with van der Waals surface area (Å²) in [5.41, 5.74) is 4.20. The minimum atomic E-state index is -0.128. The first-order chi connectivity index (χ1) is 15.4. The lowest BCUT2D eigenvalue weighted by Gasteiger charge is -2.14. The van der Waals surface area contributed by atoms with Crippen molar-refractivity contribution in [2.24, 2.45) is 0 Å². The fraction of sp³-hybridized carbons (Fsp3) is 0.217. The van der Waals surface area contributed by atoms with Gasteiger partial charge in [-0.3, -0.25) is 4.79 Å². The van der Waals surface area contributed by atoms with Gasteiger partial charge in [0.2, 0.25) is 5.95 Å². The van der Waals surface area contributed by atoms with E-state index in [2.05, 4.69) is 15.5 Å². The summed E-state index contributed by atoms with van der Waals surface area (Å²) in [4.78, 5) is 24.0. The summed E-state index contributed by atoms with van der Waals surface area (Å²) in [5, 5.41) is 7.63. The summed E-state index contributed by atoms with van der Waals surface area (Å²) in [6.45, 7) is 2.29. The number of nitrogens with one attached hydrogen (secondary N) is 1. The fourth-order valence-electron chi connectivity index (χ4n) is 3.08. The van der Waals surface area contributed by atoms with Gasteiger partial charge in [0.25, 0.3) is 5.91 Å². The van der Waals surface area contributed by atoms with Gasteiger partial charge < -0.3 is 19.5 Å². The molecule has 0 bridgehead atoms. The van der Waals surface area contributed by atoms with Gasteiger partial charge in [-0.05, 0) is 24.6 Å². The molecule has 0 saturated carbocycles. The van der Waals surface area contributed by atoms with Crippen LogP contribution in [0.3, 0.4) is 0 Å². The minimum absolute atomic E-state index is 0.128. The van der Waals surface area contributed by atoms with E-state index in [9.17, 15) is 4.79 Å². The van der Waals surface area contributed by atoms with E-state index in [1.165, 1.54) is 11.3 Å². The summed E-state index contributed by atoms with van der Waals surface area (Å²) in [5.74, 6) is 1.09. The van der Waals surface area contributed by atoms with Crippen molar-refractivity contribution in [2.75, 3.05) is 26.1 Å². The second-order valence-electron chi connectivity index (χ2n) is 7.36. The maximum Gasteiger partial charge on any atom is 0.261 e. The molecule has 164 valence electrons. The number of carbonyl (C=O) groups is 1. The number of aryl methyl sites for hydroxylation is 1. The first-order valence-corrected chi connectivity index (χ1v) is 10.8. The van der Waals surface area contributed by atoms with Crippen LogP contribution in [0.25, 0.3) is 22.6 Å². The summed E-state index contributed by atoms with van der Waals surface area (Å²) in [6.07, 6.45) is 1.75. The van der Waals surface area contributed by atoms with E-state index in [0.717, 1.165) is 28.1 Å². The quantitative estimate of drug-likeness (QED) is 0.452. The molecule has 0 aliphatic heterocycles. The molecule has 0 saturated heterocycles. The number of hydrogen-bond acceptors (Lipinski definition) is 8. The lowest BCUT2D eigenvalue weighted by Crippen LogP contribution is -2.21. The van der Waals surface area contributed by atoms with Gasteiger partial charge in [-0.2, -0.15) is 0 Å². The van der Waals surface area contributed by atoms with Crippen molar-refractivity contribution in [3.8, 4) is 27.6 Å². The van der Waals surface area contributed by atoms with Crippen molar-refractivity contribution in [1.29, 1.82) is 0 Å². The Morgan fingerprint density at radius 3 is 2.59 bits per heavy atom. The Labute approximate surface area is 189 Å². The summed E-state index contributed by atoms with van der Waals surface area (Å²) in [6, 6.07) is 13.3. The maximum atomic E-state index is 12.3. The summed E-state index contributed by atoms with van der Waals surface area (Å²) in [7, 11) is 5.38. The molecule has 0 aliphatic carbocycles. The van der Waals surface area contributed by atoms with Crippen LogP contribution in [0, 0.1) is 6.92 Å². The highest BCUT2D eigenvalue weighted by Gasteiger charge is 2.16. The first kappa shape index (κ1) is 21.5. The standard InChI is InChI=1S/C23H23N5O3S/c1-14-11-18(31-27-14)17-13-25-23(28(2)3)26-21(17)16-7-5-15(6-8-16)12-24-22(29)19-9-10-20(30-4)32-19/h5-11,13H,12H2,1-4H3,(H,24,29). The van der Waals surface area contributed by atoms with Crippen LogP contribution in [0.2, 0.25) is 0 Å². The summed E-state index contributed by atoms with van der Waals surface area (Å²) < 4.78 is 10.6. The zero-order valence-electron chi connectivity index (χ0n) is 18.2. The van der Waals surface area contributed by atoms with Gasteiger partial charge in [0.15, 0.2) is 10.8 Å². The Bertz CT molecular complexity index is 1230. The van der Waals surface area contributed by atoms with Crippen LogP contribution in [0.5, 0.6) is 5.06 Å². The molecule has 32 heavy (non-hydrogen) atoms. The number of thiophene rings is 1. The largest absolute Gasteiger partial charge is 0.487 e. The van der Waals surface area contributed by atoms with Gasteiger partial charge in [-0.1, -0.05) is 40.8 Å². The SMILES string of the molecule is COc1ccc(C(=O)NCc2ccc(-c3nc(N(C)C)ncc3-c3cc(C)no3)cc2)s1. The molecule has 1 amide bonds. The molecule has 9 heteroatoms. The number of aromatic nitrogens is 3. The molecular weight excluding hydrogens is 426 g/mol. The third kappa shape index (κ3) is 4.62. The van der Waals surface area contributed by atoms with Gasteiger partial charge in [-0.25, -0.2) is 9.97 Å². The number of ether oxygens (including phenoxy) is 1. The number of rotatable bonds is 7. The van der Waals surface area contributed by atoms with Crippen LogP contribution in [0.1, 0.15) is 20.9 Å². The second-order valence-corrected chi connectivity index (χ2v) is 8.41. The molecule has 0 radical (unpaired) electrons. The first-order valence-electron chi connectivity index (χ1n) is 9.94.